The van der Waals surface area contributed by atoms with Crippen molar-refractivity contribution in [3.63, 3.8) is 0 Å². The van der Waals surface area contributed by atoms with Gasteiger partial charge >= 0.3 is 0 Å². The summed E-state index contributed by atoms with van der Waals surface area (Å²) >= 11 is 0. The van der Waals surface area contributed by atoms with Crippen LogP contribution < -0.4 is 10.7 Å². The molecule has 0 fully saturated rings. The third-order valence-corrected chi connectivity index (χ3v) is 1.83. The molecule has 0 aromatic carbocycles. The van der Waals surface area contributed by atoms with Crippen LogP contribution in [0, 0.1) is 17.9 Å². The van der Waals surface area contributed by atoms with Gasteiger partial charge in [0.15, 0.2) is 5.69 Å². The second kappa shape index (κ2) is 3.63. The predicted octanol–water partition coefficient (Wildman–Crippen LogP) is 0.433. The summed E-state index contributed by atoms with van der Waals surface area (Å²) in [7, 11) is 0. The molecule has 0 unspecified atom stereocenters. The van der Waals surface area contributed by atoms with E-state index in [1.54, 1.807) is 13.0 Å². The van der Waals surface area contributed by atoms with Crippen LogP contribution in [0.4, 0.5) is 5.69 Å². The molecule has 0 atom stereocenters. The number of hydrogen-bond donors (Lipinski definition) is 1. The second-order valence-corrected chi connectivity index (χ2v) is 2.56. The molecule has 0 aliphatic carbocycles. The number of H-pyrrole nitrogens is 1. The van der Waals surface area contributed by atoms with Crippen LogP contribution in [0.5, 0.6) is 5.88 Å². The van der Waals surface area contributed by atoms with Crippen molar-refractivity contribution in [3.05, 3.63) is 32.9 Å². The van der Waals surface area contributed by atoms with Crippen molar-refractivity contribution < 1.29 is 5.11 Å². The third kappa shape index (κ3) is 1.32. The predicted molar refractivity (Wildman–Crippen MR) is 46.9 cm³/mol. The lowest BCUT2D eigenvalue weighted by Gasteiger charge is -2.11. The molecule has 1 N–H and O–H groups in total. The third-order valence-electron chi connectivity index (χ3n) is 1.83. The molecule has 1 aromatic heterocycles. The summed E-state index contributed by atoms with van der Waals surface area (Å²) in [6, 6.07) is 1.69. The minimum absolute atomic E-state index is 0.141. The largest absolute Gasteiger partial charge is 0.869 e. The van der Waals surface area contributed by atoms with Crippen LogP contribution in [0.2, 0.25) is 0 Å². The Hall–Kier alpha value is -2.27. The van der Waals surface area contributed by atoms with Gasteiger partial charge in [0.25, 0.3) is 5.56 Å². The summed E-state index contributed by atoms with van der Waals surface area (Å²) in [6.45, 7) is 8.45. The van der Waals surface area contributed by atoms with Crippen LogP contribution in [0.1, 0.15) is 18.1 Å². The van der Waals surface area contributed by atoms with Crippen molar-refractivity contribution >= 4 is 5.69 Å². The molecule has 70 valence electrons. The monoisotopic (exact) mass is 188 g/mol. The highest BCUT2D eigenvalue weighted by molar-refractivity contribution is 5.63. The lowest BCUT2D eigenvalue weighted by molar-refractivity contribution is -0.273. The van der Waals surface area contributed by atoms with E-state index in [9.17, 15) is 9.90 Å². The Labute approximate surface area is 80.1 Å². The van der Waals surface area contributed by atoms with E-state index in [0.717, 1.165) is 0 Å². The quantitative estimate of drug-likeness (QED) is 0.648. The van der Waals surface area contributed by atoms with Crippen molar-refractivity contribution in [2.75, 3.05) is 0 Å². The van der Waals surface area contributed by atoms with E-state index in [0.29, 0.717) is 6.42 Å². The zero-order valence-electron chi connectivity index (χ0n) is 7.42. The number of nitrogens with one attached hydrogen (secondary N) is 1. The first-order chi connectivity index (χ1) is 6.65. The highest BCUT2D eigenvalue weighted by Crippen LogP contribution is 2.26. The number of rotatable bonds is 1. The van der Waals surface area contributed by atoms with Gasteiger partial charge in [-0.2, -0.15) is 5.26 Å². The van der Waals surface area contributed by atoms with Crippen molar-refractivity contribution in [1.29, 1.82) is 5.26 Å². The fourth-order valence-corrected chi connectivity index (χ4v) is 1.20. The number of hydrogen-bond acceptors (Lipinski definition) is 3. The van der Waals surface area contributed by atoms with Gasteiger partial charge in [-0.05, 0) is 17.9 Å². The fraction of sp³-hybridized carbons (Fsp3) is 0.222. The van der Waals surface area contributed by atoms with Gasteiger partial charge in [-0.15, -0.1) is 0 Å². The summed E-state index contributed by atoms with van der Waals surface area (Å²) in [5.41, 5.74) is -0.792. The van der Waals surface area contributed by atoms with Crippen molar-refractivity contribution in [3.8, 4) is 11.9 Å². The Morgan fingerprint density at radius 2 is 2.36 bits per heavy atom. The molecule has 0 bridgehead atoms. The van der Waals surface area contributed by atoms with E-state index in [1.165, 1.54) is 0 Å². The molecular formula is C9H6N3O2-. The fourth-order valence-electron chi connectivity index (χ4n) is 1.20. The Bertz CT molecular complexity index is 503. The Balaban J connectivity index is 3.73. The lowest BCUT2D eigenvalue weighted by atomic mass is 10.1. The topological polar surface area (TPSA) is 84.1 Å². The first-order valence-electron chi connectivity index (χ1n) is 3.89. The maximum Gasteiger partial charge on any atom is 0.263 e. The molecule has 0 amide bonds. The van der Waals surface area contributed by atoms with Crippen LogP contribution in [-0.2, 0) is 6.42 Å². The summed E-state index contributed by atoms with van der Waals surface area (Å²) in [6.07, 6.45) is 0.319. The molecule has 0 aliphatic rings. The van der Waals surface area contributed by atoms with Gasteiger partial charge in [-0.1, -0.05) is 6.92 Å². The van der Waals surface area contributed by atoms with E-state index in [-0.39, 0.29) is 16.8 Å². The average molecular weight is 188 g/mol. The number of aromatic nitrogens is 1. The van der Waals surface area contributed by atoms with Crippen LogP contribution in [0.15, 0.2) is 4.79 Å². The first-order valence-corrected chi connectivity index (χ1v) is 3.89. The minimum Gasteiger partial charge on any atom is -0.869 e. The SMILES string of the molecule is [C-]#[N+]c1c([O-])[nH]c(=O)c(C#N)c1CC. The van der Waals surface area contributed by atoms with Gasteiger partial charge in [0, 0.05) is 0 Å². The van der Waals surface area contributed by atoms with E-state index < -0.39 is 11.4 Å². The Morgan fingerprint density at radius 3 is 2.79 bits per heavy atom. The zero-order chi connectivity index (χ0) is 10.7. The van der Waals surface area contributed by atoms with Crippen LogP contribution in [0.3, 0.4) is 0 Å². The van der Waals surface area contributed by atoms with Gasteiger partial charge in [0.2, 0.25) is 0 Å². The van der Waals surface area contributed by atoms with Crippen molar-refractivity contribution in [2.24, 2.45) is 0 Å². The average Bonchev–Trinajstić information content (AvgIpc) is 2.16. The van der Waals surface area contributed by atoms with Gasteiger partial charge in [-0.25, -0.2) is 4.85 Å². The molecule has 0 aliphatic heterocycles. The molecule has 1 aromatic rings. The number of pyridine rings is 1. The van der Waals surface area contributed by atoms with Crippen LogP contribution in [-0.4, -0.2) is 4.98 Å². The molecule has 0 saturated carbocycles. The normalized spacial score (nSPS) is 9.07. The summed E-state index contributed by atoms with van der Waals surface area (Å²) in [5.74, 6) is -0.721. The highest BCUT2D eigenvalue weighted by atomic mass is 16.3. The van der Waals surface area contributed by atoms with Crippen LogP contribution in [0.25, 0.3) is 4.85 Å². The van der Waals surface area contributed by atoms with E-state index in [4.69, 9.17) is 11.8 Å². The maximum absolute atomic E-state index is 11.1. The standard InChI is InChI=1S/C9H7N3O2/c1-3-5-6(4-10)8(13)12-9(14)7(5)11-2/h3H2,1H3,(H2,12,13,14)/p-1. The molecule has 14 heavy (non-hydrogen) atoms. The highest BCUT2D eigenvalue weighted by Gasteiger charge is 2.11. The maximum atomic E-state index is 11.1. The minimum atomic E-state index is -0.721. The van der Waals surface area contributed by atoms with E-state index in [2.05, 4.69) is 4.85 Å². The molecule has 0 spiro atoms. The number of nitrogens with zero attached hydrogens (tertiary/aromatic N) is 2. The Morgan fingerprint density at radius 1 is 1.71 bits per heavy atom. The summed E-state index contributed by atoms with van der Waals surface area (Å²) in [5, 5.41) is 19.8. The molecule has 1 heterocycles. The van der Waals surface area contributed by atoms with Gasteiger partial charge < -0.3 is 10.1 Å². The van der Waals surface area contributed by atoms with Gasteiger partial charge in [0.05, 0.1) is 6.57 Å². The molecule has 1 rings (SSSR count). The zero-order valence-corrected chi connectivity index (χ0v) is 7.42. The number of nitriles is 1. The Kier molecular flexibility index (Phi) is 2.54. The second-order valence-electron chi connectivity index (χ2n) is 2.56. The smallest absolute Gasteiger partial charge is 0.263 e. The number of aromatic amines is 1. The summed E-state index contributed by atoms with van der Waals surface area (Å²) < 4.78 is 0. The molecule has 5 nitrogen and oxygen atoms in total. The molecular weight excluding hydrogens is 182 g/mol. The lowest BCUT2D eigenvalue weighted by Crippen LogP contribution is -2.15. The van der Waals surface area contributed by atoms with E-state index in [1.807, 2.05) is 4.98 Å². The first kappa shape index (κ1) is 9.82. The van der Waals surface area contributed by atoms with Gasteiger partial charge in [0.1, 0.15) is 11.6 Å². The molecule has 0 radical (unpaired) electrons. The van der Waals surface area contributed by atoms with Crippen LogP contribution >= 0.6 is 0 Å². The summed E-state index contributed by atoms with van der Waals surface area (Å²) in [4.78, 5) is 16.1. The van der Waals surface area contributed by atoms with Crippen molar-refractivity contribution in [2.45, 2.75) is 13.3 Å². The van der Waals surface area contributed by atoms with Crippen molar-refractivity contribution in [1.82, 2.24) is 4.98 Å². The molecule has 0 saturated heterocycles. The molecule has 5 heteroatoms. The van der Waals surface area contributed by atoms with E-state index >= 15 is 0 Å². The van der Waals surface area contributed by atoms with Gasteiger partial charge in [-0.3, -0.25) is 4.79 Å².